The standard InChI is InChI=1S/C26H24FNO4/c1-17-8-10-20(11-9-17)25(30)18(2)32-26(31)23(28-22-14-12-21(27)13-15-22)16-24(29)19-6-4-3-5-7-19/h3-15,18,23,28H,16H2,1-2H3. The molecule has 0 radical (unpaired) electrons. The van der Waals surface area contributed by atoms with Crippen molar-refractivity contribution in [2.24, 2.45) is 0 Å². The molecule has 3 aromatic rings. The number of Topliss-reactive ketones (excluding diaryl/α,β-unsaturated/α-hetero) is 2. The smallest absolute Gasteiger partial charge is 0.329 e. The molecule has 3 aromatic carbocycles. The van der Waals surface area contributed by atoms with Crippen LogP contribution in [0.1, 0.15) is 39.6 Å². The van der Waals surface area contributed by atoms with Crippen molar-refractivity contribution in [2.75, 3.05) is 5.32 Å². The van der Waals surface area contributed by atoms with Crippen molar-refractivity contribution in [1.29, 1.82) is 0 Å². The number of rotatable bonds is 9. The molecule has 164 valence electrons. The third-order valence-electron chi connectivity index (χ3n) is 4.95. The second-order valence-electron chi connectivity index (χ2n) is 7.51. The van der Waals surface area contributed by atoms with E-state index in [9.17, 15) is 18.8 Å². The number of nitrogens with one attached hydrogen (secondary N) is 1. The van der Waals surface area contributed by atoms with Gasteiger partial charge in [-0.2, -0.15) is 0 Å². The van der Waals surface area contributed by atoms with Crippen LogP contribution in [0.15, 0.2) is 78.9 Å². The average Bonchev–Trinajstić information content (AvgIpc) is 2.80. The fraction of sp³-hybridized carbons (Fsp3) is 0.192. The zero-order valence-electron chi connectivity index (χ0n) is 17.9. The molecule has 0 aliphatic carbocycles. The first-order valence-corrected chi connectivity index (χ1v) is 10.2. The maximum atomic E-state index is 13.3. The fourth-order valence-corrected chi connectivity index (χ4v) is 3.13. The van der Waals surface area contributed by atoms with E-state index in [0.717, 1.165) is 5.56 Å². The van der Waals surface area contributed by atoms with Crippen molar-refractivity contribution in [3.63, 3.8) is 0 Å². The molecule has 0 heterocycles. The summed E-state index contributed by atoms with van der Waals surface area (Å²) in [5.74, 6) is -1.77. The molecule has 2 atom stereocenters. The highest BCUT2D eigenvalue weighted by Crippen LogP contribution is 2.16. The van der Waals surface area contributed by atoms with Crippen molar-refractivity contribution in [3.8, 4) is 0 Å². The second kappa shape index (κ2) is 10.5. The molecule has 0 fully saturated rings. The third kappa shape index (κ3) is 6.11. The summed E-state index contributed by atoms with van der Waals surface area (Å²) in [5, 5.41) is 2.92. The van der Waals surface area contributed by atoms with Gasteiger partial charge in [-0.05, 0) is 38.1 Å². The minimum atomic E-state index is -1.05. The molecule has 0 aliphatic heterocycles. The van der Waals surface area contributed by atoms with Crippen molar-refractivity contribution >= 4 is 23.2 Å². The highest BCUT2D eigenvalue weighted by Gasteiger charge is 2.28. The summed E-state index contributed by atoms with van der Waals surface area (Å²) in [5.41, 5.74) is 2.34. The Kier molecular flexibility index (Phi) is 7.49. The molecule has 6 heteroatoms. The van der Waals surface area contributed by atoms with E-state index in [2.05, 4.69) is 5.32 Å². The van der Waals surface area contributed by atoms with Crippen molar-refractivity contribution < 1.29 is 23.5 Å². The minimum absolute atomic E-state index is 0.189. The molecule has 0 aliphatic rings. The van der Waals surface area contributed by atoms with E-state index in [1.807, 2.05) is 6.92 Å². The lowest BCUT2D eigenvalue weighted by Gasteiger charge is -2.21. The van der Waals surface area contributed by atoms with Gasteiger partial charge >= 0.3 is 5.97 Å². The number of halogens is 1. The molecule has 3 rings (SSSR count). The van der Waals surface area contributed by atoms with Gasteiger partial charge in [-0.15, -0.1) is 0 Å². The lowest BCUT2D eigenvalue weighted by molar-refractivity contribution is -0.147. The Morgan fingerprint density at radius 1 is 0.875 bits per heavy atom. The van der Waals surface area contributed by atoms with E-state index >= 15 is 0 Å². The summed E-state index contributed by atoms with van der Waals surface area (Å²) in [4.78, 5) is 38.3. The molecule has 1 N–H and O–H groups in total. The lowest BCUT2D eigenvalue weighted by Crippen LogP contribution is -2.37. The number of ketones is 2. The maximum absolute atomic E-state index is 13.3. The first-order valence-electron chi connectivity index (χ1n) is 10.2. The number of esters is 1. The number of aryl methyl sites for hydroxylation is 1. The van der Waals surface area contributed by atoms with Gasteiger partial charge in [-0.1, -0.05) is 60.2 Å². The van der Waals surface area contributed by atoms with E-state index in [4.69, 9.17) is 4.74 Å². The maximum Gasteiger partial charge on any atom is 0.329 e. The first-order chi connectivity index (χ1) is 15.3. The molecule has 0 saturated carbocycles. The molecule has 0 spiro atoms. The molecule has 2 unspecified atom stereocenters. The highest BCUT2D eigenvalue weighted by atomic mass is 19.1. The molecule has 0 saturated heterocycles. The number of ether oxygens (including phenoxy) is 1. The van der Waals surface area contributed by atoms with E-state index in [1.165, 1.54) is 31.2 Å². The topological polar surface area (TPSA) is 72.5 Å². The molecular weight excluding hydrogens is 409 g/mol. The van der Waals surface area contributed by atoms with Gasteiger partial charge in [0.2, 0.25) is 5.78 Å². The number of benzene rings is 3. The molecule has 5 nitrogen and oxygen atoms in total. The number of carbonyl (C=O) groups excluding carboxylic acids is 3. The predicted molar refractivity (Wildman–Crippen MR) is 120 cm³/mol. The molecule has 0 bridgehead atoms. The quantitative estimate of drug-likeness (QED) is 0.380. The van der Waals surface area contributed by atoms with Crippen LogP contribution in [0.5, 0.6) is 0 Å². The van der Waals surface area contributed by atoms with Gasteiger partial charge in [0.05, 0.1) is 0 Å². The number of anilines is 1. The molecular formula is C26H24FNO4. The van der Waals surface area contributed by atoms with E-state index < -0.39 is 23.9 Å². The normalized spacial score (nSPS) is 12.5. The predicted octanol–water partition coefficient (Wildman–Crippen LogP) is 5.00. The van der Waals surface area contributed by atoms with Crippen molar-refractivity contribution in [1.82, 2.24) is 0 Å². The third-order valence-corrected chi connectivity index (χ3v) is 4.95. The van der Waals surface area contributed by atoms with E-state index in [0.29, 0.717) is 16.8 Å². The average molecular weight is 433 g/mol. The van der Waals surface area contributed by atoms with E-state index in [-0.39, 0.29) is 18.0 Å². The molecule has 32 heavy (non-hydrogen) atoms. The Morgan fingerprint density at radius 3 is 2.12 bits per heavy atom. The van der Waals surface area contributed by atoms with Crippen LogP contribution in [-0.4, -0.2) is 29.7 Å². The zero-order chi connectivity index (χ0) is 23.1. The summed E-state index contributed by atoms with van der Waals surface area (Å²) in [6.07, 6.45) is -1.22. The first kappa shape index (κ1) is 22.9. The number of hydrogen-bond acceptors (Lipinski definition) is 5. The Morgan fingerprint density at radius 2 is 1.50 bits per heavy atom. The van der Waals surface area contributed by atoms with Crippen molar-refractivity contribution in [2.45, 2.75) is 32.4 Å². The van der Waals surface area contributed by atoms with Crippen LogP contribution in [0.3, 0.4) is 0 Å². The summed E-state index contributed by atoms with van der Waals surface area (Å²) in [6.45, 7) is 3.40. The number of carbonyl (C=O) groups is 3. The van der Waals surface area contributed by atoms with Crippen LogP contribution in [0.25, 0.3) is 0 Å². The molecule has 0 amide bonds. The van der Waals surface area contributed by atoms with Crippen LogP contribution >= 0.6 is 0 Å². The van der Waals surface area contributed by atoms with Crippen LogP contribution in [0, 0.1) is 12.7 Å². The Hall–Kier alpha value is -3.80. The largest absolute Gasteiger partial charge is 0.453 e. The van der Waals surface area contributed by atoms with Crippen molar-refractivity contribution in [3.05, 3.63) is 101 Å². The van der Waals surface area contributed by atoms with Gasteiger partial charge < -0.3 is 10.1 Å². The highest BCUT2D eigenvalue weighted by molar-refractivity contribution is 6.02. The Labute approximate surface area is 186 Å². The van der Waals surface area contributed by atoms with Gasteiger partial charge in [0.15, 0.2) is 11.9 Å². The SMILES string of the molecule is Cc1ccc(C(=O)C(C)OC(=O)C(CC(=O)c2ccccc2)Nc2ccc(F)cc2)cc1. The second-order valence-corrected chi connectivity index (χ2v) is 7.51. The summed E-state index contributed by atoms with van der Waals surface area (Å²) >= 11 is 0. The van der Waals surface area contributed by atoms with Crippen LogP contribution in [0.2, 0.25) is 0 Å². The van der Waals surface area contributed by atoms with Gasteiger partial charge in [-0.25, -0.2) is 9.18 Å². The summed E-state index contributed by atoms with van der Waals surface area (Å²) < 4.78 is 18.7. The van der Waals surface area contributed by atoms with Crippen LogP contribution in [0.4, 0.5) is 10.1 Å². The summed E-state index contributed by atoms with van der Waals surface area (Å²) in [7, 11) is 0. The van der Waals surface area contributed by atoms with Gasteiger partial charge in [0.25, 0.3) is 0 Å². The monoisotopic (exact) mass is 433 g/mol. The Bertz CT molecular complexity index is 1080. The van der Waals surface area contributed by atoms with Gasteiger partial charge in [0, 0.05) is 23.2 Å². The molecule has 0 aromatic heterocycles. The Balaban J connectivity index is 1.75. The van der Waals surface area contributed by atoms with Gasteiger partial charge in [-0.3, -0.25) is 9.59 Å². The zero-order valence-corrected chi connectivity index (χ0v) is 17.9. The van der Waals surface area contributed by atoms with Crippen LogP contribution in [-0.2, 0) is 9.53 Å². The van der Waals surface area contributed by atoms with Crippen LogP contribution < -0.4 is 5.32 Å². The van der Waals surface area contributed by atoms with E-state index in [1.54, 1.807) is 54.6 Å². The lowest BCUT2D eigenvalue weighted by atomic mass is 10.0. The fourth-order valence-electron chi connectivity index (χ4n) is 3.13. The summed E-state index contributed by atoms with van der Waals surface area (Å²) in [6, 6.07) is 19.9. The van der Waals surface area contributed by atoms with Gasteiger partial charge in [0.1, 0.15) is 11.9 Å². The number of hydrogen-bond donors (Lipinski definition) is 1. The minimum Gasteiger partial charge on any atom is -0.453 e.